The topological polar surface area (TPSA) is 71.1 Å². The Morgan fingerprint density at radius 1 is 1.15 bits per heavy atom. The van der Waals surface area contributed by atoms with Crippen LogP contribution < -0.4 is 0 Å². The summed E-state index contributed by atoms with van der Waals surface area (Å²) in [6.07, 6.45) is 1.31. The van der Waals surface area contributed by atoms with E-state index in [0.717, 1.165) is 6.42 Å². The lowest BCUT2D eigenvalue weighted by molar-refractivity contribution is -0.144. The first-order valence-corrected chi connectivity index (χ1v) is 8.19. The molecule has 0 amide bonds. The number of hydrogen-bond donors (Lipinski definition) is 0. The van der Waals surface area contributed by atoms with E-state index < -0.39 is 20.3 Å². The second-order valence-corrected chi connectivity index (χ2v) is 7.51. The zero-order valence-corrected chi connectivity index (χ0v) is 13.9. The number of carbonyl (C=O) groups is 2. The van der Waals surface area contributed by atoms with E-state index in [1.54, 1.807) is 0 Å². The van der Waals surface area contributed by atoms with E-state index in [9.17, 15) is 9.59 Å². The van der Waals surface area contributed by atoms with Crippen molar-refractivity contribution >= 4 is 20.6 Å². The average molecular weight is 304 g/mol. The summed E-state index contributed by atoms with van der Waals surface area (Å²) in [7, 11) is 1.27. The Bertz CT molecular complexity index is 343. The first kappa shape index (κ1) is 19.0. The molecule has 0 saturated heterocycles. The van der Waals surface area contributed by atoms with Gasteiger partial charge >= 0.3 is 14.8 Å². The standard InChI is InChI=1S/C13H24O6Si/c1-7-8-12(20(16-4,17-5)18-6)11(14)9-19-13(15)10(2)3/h12H,2,7-9H2,1,3-6H3. The molecule has 0 fully saturated rings. The number of esters is 1. The lowest BCUT2D eigenvalue weighted by atomic mass is 10.2. The van der Waals surface area contributed by atoms with Gasteiger partial charge in [-0.25, -0.2) is 4.79 Å². The largest absolute Gasteiger partial charge is 0.511 e. The third kappa shape index (κ3) is 4.82. The highest BCUT2D eigenvalue weighted by Crippen LogP contribution is 2.30. The molecule has 1 atom stereocenters. The summed E-state index contributed by atoms with van der Waals surface area (Å²) in [4.78, 5) is 23.6. The molecule has 20 heavy (non-hydrogen) atoms. The highest BCUT2D eigenvalue weighted by atomic mass is 28.4. The number of Topliss-reactive ketones (excluding diaryl/α,β-unsaturated/α-hetero) is 1. The molecular formula is C13H24O6Si. The lowest BCUT2D eigenvalue weighted by Gasteiger charge is -2.31. The van der Waals surface area contributed by atoms with Gasteiger partial charge in [-0.3, -0.25) is 4.79 Å². The van der Waals surface area contributed by atoms with E-state index >= 15 is 0 Å². The number of carbonyl (C=O) groups excluding carboxylic acids is 2. The van der Waals surface area contributed by atoms with Gasteiger partial charge in [-0.1, -0.05) is 19.9 Å². The van der Waals surface area contributed by atoms with Crippen molar-refractivity contribution in [3.05, 3.63) is 12.2 Å². The molecular weight excluding hydrogens is 280 g/mol. The molecule has 0 aromatic heterocycles. The SMILES string of the molecule is C=C(C)C(=O)OCC(=O)C(CCC)[Si](OC)(OC)OC. The fourth-order valence-corrected chi connectivity index (χ4v) is 4.33. The third-order valence-electron chi connectivity index (χ3n) is 2.94. The number of ether oxygens (including phenoxy) is 1. The zero-order valence-electron chi connectivity index (χ0n) is 12.9. The van der Waals surface area contributed by atoms with E-state index in [1.807, 2.05) is 6.92 Å². The Hall–Kier alpha value is -1.02. The zero-order chi connectivity index (χ0) is 15.8. The second kappa shape index (κ2) is 9.01. The molecule has 0 aliphatic rings. The van der Waals surface area contributed by atoms with E-state index in [4.69, 9.17) is 18.0 Å². The van der Waals surface area contributed by atoms with Gasteiger partial charge in [0.05, 0.1) is 5.54 Å². The lowest BCUT2D eigenvalue weighted by Crippen LogP contribution is -2.51. The van der Waals surface area contributed by atoms with Gasteiger partial charge in [0, 0.05) is 26.9 Å². The van der Waals surface area contributed by atoms with Gasteiger partial charge in [-0.05, 0) is 13.3 Å². The summed E-state index contributed by atoms with van der Waals surface area (Å²) in [5.41, 5.74) is -0.302. The highest BCUT2D eigenvalue weighted by molar-refractivity contribution is 6.66. The Balaban J connectivity index is 4.93. The Morgan fingerprint density at radius 2 is 1.65 bits per heavy atom. The Morgan fingerprint density at radius 3 is 2.00 bits per heavy atom. The van der Waals surface area contributed by atoms with Crippen molar-refractivity contribution in [1.82, 2.24) is 0 Å². The van der Waals surface area contributed by atoms with Gasteiger partial charge in [0.25, 0.3) is 0 Å². The van der Waals surface area contributed by atoms with Gasteiger partial charge < -0.3 is 18.0 Å². The number of ketones is 1. The fourth-order valence-electron chi connectivity index (χ4n) is 1.86. The molecule has 0 spiro atoms. The summed E-state index contributed by atoms with van der Waals surface area (Å²) < 4.78 is 20.9. The maximum absolute atomic E-state index is 12.3. The molecule has 6 nitrogen and oxygen atoms in total. The van der Waals surface area contributed by atoms with Crippen molar-refractivity contribution in [1.29, 1.82) is 0 Å². The van der Waals surface area contributed by atoms with Crippen LogP contribution >= 0.6 is 0 Å². The minimum atomic E-state index is -3.09. The van der Waals surface area contributed by atoms with Gasteiger partial charge in [0.1, 0.15) is 0 Å². The molecule has 0 saturated carbocycles. The molecule has 0 rings (SSSR count). The summed E-state index contributed by atoms with van der Waals surface area (Å²) in [5.74, 6) is -0.855. The first-order valence-electron chi connectivity index (χ1n) is 6.39. The normalized spacial score (nSPS) is 12.8. The minimum Gasteiger partial charge on any atom is -0.454 e. The van der Waals surface area contributed by atoms with E-state index in [1.165, 1.54) is 28.3 Å². The van der Waals surface area contributed by atoms with Crippen LogP contribution in [-0.4, -0.2) is 48.5 Å². The van der Waals surface area contributed by atoms with Gasteiger partial charge in [0.2, 0.25) is 0 Å². The second-order valence-electron chi connectivity index (χ2n) is 4.38. The molecule has 0 radical (unpaired) electrons. The van der Waals surface area contributed by atoms with Crippen molar-refractivity contribution in [3.8, 4) is 0 Å². The Labute approximate surface area is 121 Å². The summed E-state index contributed by atoms with van der Waals surface area (Å²) in [6.45, 7) is 6.60. The summed E-state index contributed by atoms with van der Waals surface area (Å²) in [5, 5.41) is 0. The van der Waals surface area contributed by atoms with Crippen LogP contribution in [0.1, 0.15) is 26.7 Å². The summed E-state index contributed by atoms with van der Waals surface area (Å²) >= 11 is 0. The van der Waals surface area contributed by atoms with Crippen molar-refractivity contribution in [2.75, 3.05) is 27.9 Å². The van der Waals surface area contributed by atoms with Crippen molar-refractivity contribution < 1.29 is 27.6 Å². The average Bonchev–Trinajstić information content (AvgIpc) is 2.45. The monoisotopic (exact) mass is 304 g/mol. The Kier molecular flexibility index (Phi) is 8.55. The van der Waals surface area contributed by atoms with Crippen LogP contribution in [0.3, 0.4) is 0 Å². The number of hydrogen-bond acceptors (Lipinski definition) is 6. The van der Waals surface area contributed by atoms with Crippen LogP contribution in [-0.2, 0) is 27.6 Å². The molecule has 0 N–H and O–H groups in total. The fraction of sp³-hybridized carbons (Fsp3) is 0.692. The van der Waals surface area contributed by atoms with Crippen LogP contribution in [0, 0.1) is 0 Å². The molecule has 7 heteroatoms. The van der Waals surface area contributed by atoms with Gasteiger partial charge in [0.15, 0.2) is 12.4 Å². The minimum absolute atomic E-state index is 0.249. The highest BCUT2D eigenvalue weighted by Gasteiger charge is 2.50. The van der Waals surface area contributed by atoms with Crippen molar-refractivity contribution in [3.63, 3.8) is 0 Å². The number of rotatable bonds is 10. The smallest absolute Gasteiger partial charge is 0.454 e. The molecule has 1 unspecified atom stereocenters. The molecule has 0 aliphatic carbocycles. The van der Waals surface area contributed by atoms with Crippen LogP contribution in [0.15, 0.2) is 12.2 Å². The van der Waals surface area contributed by atoms with Crippen LogP contribution in [0.2, 0.25) is 5.54 Å². The van der Waals surface area contributed by atoms with Crippen LogP contribution in [0.4, 0.5) is 0 Å². The maximum Gasteiger partial charge on any atom is 0.511 e. The maximum atomic E-state index is 12.3. The van der Waals surface area contributed by atoms with Crippen LogP contribution in [0.5, 0.6) is 0 Å². The molecule has 0 aromatic rings. The van der Waals surface area contributed by atoms with E-state index in [0.29, 0.717) is 6.42 Å². The molecule has 0 bridgehead atoms. The predicted octanol–water partition coefficient (Wildman–Crippen LogP) is 1.72. The first-order chi connectivity index (χ1) is 9.38. The van der Waals surface area contributed by atoms with Gasteiger partial charge in [-0.2, -0.15) is 0 Å². The molecule has 0 aromatic carbocycles. The predicted molar refractivity (Wildman–Crippen MR) is 76.2 cm³/mol. The van der Waals surface area contributed by atoms with Crippen molar-refractivity contribution in [2.24, 2.45) is 0 Å². The van der Waals surface area contributed by atoms with E-state index in [2.05, 4.69) is 6.58 Å². The quantitative estimate of drug-likeness (QED) is 0.348. The summed E-state index contributed by atoms with van der Waals surface area (Å²) in [6, 6.07) is 0. The molecule has 0 heterocycles. The molecule has 0 aliphatic heterocycles. The van der Waals surface area contributed by atoms with E-state index in [-0.39, 0.29) is 18.0 Å². The molecule has 116 valence electrons. The third-order valence-corrected chi connectivity index (χ3v) is 6.11. The van der Waals surface area contributed by atoms with Crippen LogP contribution in [0.25, 0.3) is 0 Å². The van der Waals surface area contributed by atoms with Gasteiger partial charge in [-0.15, -0.1) is 0 Å². The van der Waals surface area contributed by atoms with Crippen molar-refractivity contribution in [2.45, 2.75) is 32.2 Å².